The van der Waals surface area contributed by atoms with Gasteiger partial charge < -0.3 is 18.9 Å². The first-order valence-corrected chi connectivity index (χ1v) is 8.59. The zero-order chi connectivity index (χ0) is 20.9. The Kier molecular flexibility index (Phi) is 11.0. The highest BCUT2D eigenvalue weighted by atomic mass is 16.6. The zero-order valence-electron chi connectivity index (χ0n) is 16.5. The second-order valence-electron chi connectivity index (χ2n) is 6.95. The topological polar surface area (TPSA) is 88.1 Å². The van der Waals surface area contributed by atoms with E-state index in [1.54, 1.807) is 0 Å². The third-order valence-corrected chi connectivity index (χ3v) is 3.80. The minimum absolute atomic E-state index is 0.00462. The average Bonchev–Trinajstić information content (AvgIpc) is 2.67. The van der Waals surface area contributed by atoms with Gasteiger partial charge in [0.2, 0.25) is 0 Å². The van der Waals surface area contributed by atoms with Crippen molar-refractivity contribution in [3.05, 3.63) is 38.0 Å². The Labute approximate surface area is 161 Å². The Morgan fingerprint density at radius 2 is 1.15 bits per heavy atom. The van der Waals surface area contributed by atoms with Crippen molar-refractivity contribution < 1.29 is 33.3 Å². The van der Waals surface area contributed by atoms with Crippen LogP contribution in [-0.4, -0.2) is 50.9 Å². The van der Waals surface area contributed by atoms with E-state index < -0.39 is 28.7 Å². The Bertz CT molecular complexity index is 525. The van der Waals surface area contributed by atoms with Crippen molar-refractivity contribution >= 4 is 17.9 Å². The number of hydrogen-bond acceptors (Lipinski definition) is 7. The summed E-state index contributed by atoms with van der Waals surface area (Å²) >= 11 is 0. The van der Waals surface area contributed by atoms with Gasteiger partial charge in [0.1, 0.15) is 13.2 Å². The van der Waals surface area contributed by atoms with Crippen LogP contribution in [0.2, 0.25) is 0 Å². The average molecular weight is 382 g/mol. The molecule has 0 aliphatic heterocycles. The molecule has 0 aliphatic carbocycles. The lowest BCUT2D eigenvalue weighted by atomic mass is 9.87. The molecule has 0 unspecified atom stereocenters. The van der Waals surface area contributed by atoms with Crippen molar-refractivity contribution in [1.29, 1.82) is 0 Å². The van der Waals surface area contributed by atoms with Gasteiger partial charge in [-0.2, -0.15) is 0 Å². The molecule has 0 saturated heterocycles. The highest BCUT2D eigenvalue weighted by molar-refractivity contribution is 5.82. The van der Waals surface area contributed by atoms with Crippen LogP contribution in [0, 0.1) is 10.8 Å². The summed E-state index contributed by atoms with van der Waals surface area (Å²) in [6.45, 7) is 16.3. The smallest absolute Gasteiger partial charge is 0.330 e. The van der Waals surface area contributed by atoms with Crippen LogP contribution in [0.3, 0.4) is 0 Å². The van der Waals surface area contributed by atoms with Gasteiger partial charge in [-0.3, -0.25) is 0 Å². The van der Waals surface area contributed by atoms with Gasteiger partial charge in [0.05, 0.1) is 25.2 Å². The first kappa shape index (κ1) is 24.6. The number of hydrogen-bond donors (Lipinski definition) is 0. The molecule has 0 aliphatic rings. The molecule has 0 atom stereocenters. The SMILES string of the molecule is C=CC(=O)OCC(C)(C)COCC(CC)(COC(=O)C=C)COC(=O)C=C. The van der Waals surface area contributed by atoms with E-state index in [0.717, 1.165) is 18.2 Å². The number of ether oxygens (including phenoxy) is 4. The molecular formula is C20H30O7. The Morgan fingerprint density at radius 1 is 0.741 bits per heavy atom. The quantitative estimate of drug-likeness (QED) is 0.259. The summed E-state index contributed by atoms with van der Waals surface area (Å²) < 4.78 is 21.2. The van der Waals surface area contributed by atoms with Crippen molar-refractivity contribution in [1.82, 2.24) is 0 Å². The van der Waals surface area contributed by atoms with Gasteiger partial charge in [-0.25, -0.2) is 14.4 Å². The van der Waals surface area contributed by atoms with Crippen LogP contribution in [0.4, 0.5) is 0 Å². The van der Waals surface area contributed by atoms with Crippen molar-refractivity contribution in [3.8, 4) is 0 Å². The van der Waals surface area contributed by atoms with Crippen LogP contribution in [0.1, 0.15) is 27.2 Å². The fourth-order valence-corrected chi connectivity index (χ4v) is 1.91. The standard InChI is InChI=1S/C20H30O7/c1-7-16(21)25-12-19(5,6)11-24-13-20(10-4,14-26-17(22)8-2)15-27-18(23)9-3/h7-9H,1-3,10-15H2,4-6H3. The molecule has 0 amide bonds. The summed E-state index contributed by atoms with van der Waals surface area (Å²) in [7, 11) is 0. The maximum absolute atomic E-state index is 11.4. The molecule has 7 nitrogen and oxygen atoms in total. The van der Waals surface area contributed by atoms with E-state index in [9.17, 15) is 14.4 Å². The van der Waals surface area contributed by atoms with E-state index in [0.29, 0.717) is 6.42 Å². The second kappa shape index (κ2) is 12.1. The molecule has 0 N–H and O–H groups in total. The largest absolute Gasteiger partial charge is 0.462 e. The lowest BCUT2D eigenvalue weighted by Crippen LogP contribution is -2.39. The second-order valence-corrected chi connectivity index (χ2v) is 6.95. The maximum atomic E-state index is 11.4. The van der Waals surface area contributed by atoms with Gasteiger partial charge in [0, 0.05) is 23.6 Å². The van der Waals surface area contributed by atoms with Gasteiger partial charge in [0.15, 0.2) is 0 Å². The highest BCUT2D eigenvalue weighted by Crippen LogP contribution is 2.26. The number of rotatable bonds is 14. The van der Waals surface area contributed by atoms with E-state index in [1.807, 2.05) is 20.8 Å². The monoisotopic (exact) mass is 382 g/mol. The van der Waals surface area contributed by atoms with Crippen molar-refractivity contribution in [2.75, 3.05) is 33.0 Å². The van der Waals surface area contributed by atoms with Crippen molar-refractivity contribution in [2.24, 2.45) is 10.8 Å². The van der Waals surface area contributed by atoms with Crippen LogP contribution in [0.25, 0.3) is 0 Å². The van der Waals surface area contributed by atoms with Gasteiger partial charge in [-0.05, 0) is 6.42 Å². The zero-order valence-corrected chi connectivity index (χ0v) is 16.5. The van der Waals surface area contributed by atoms with Crippen LogP contribution in [0.5, 0.6) is 0 Å². The molecule has 7 heteroatoms. The van der Waals surface area contributed by atoms with Crippen molar-refractivity contribution in [2.45, 2.75) is 27.2 Å². The first-order chi connectivity index (χ1) is 12.6. The lowest BCUT2D eigenvalue weighted by Gasteiger charge is -2.33. The van der Waals surface area contributed by atoms with Gasteiger partial charge in [0.25, 0.3) is 0 Å². The lowest BCUT2D eigenvalue weighted by molar-refractivity contribution is -0.153. The van der Waals surface area contributed by atoms with E-state index >= 15 is 0 Å². The summed E-state index contributed by atoms with van der Waals surface area (Å²) in [4.78, 5) is 34.0. The fourth-order valence-electron chi connectivity index (χ4n) is 1.91. The summed E-state index contributed by atoms with van der Waals surface area (Å²) in [5.74, 6) is -1.64. The molecule has 0 fully saturated rings. The van der Waals surface area contributed by atoms with E-state index in [1.165, 1.54) is 0 Å². The molecule has 0 aromatic carbocycles. The number of carbonyl (C=O) groups excluding carboxylic acids is 3. The van der Waals surface area contributed by atoms with Crippen LogP contribution < -0.4 is 0 Å². The molecule has 0 spiro atoms. The number of esters is 3. The number of carbonyl (C=O) groups is 3. The molecule has 0 bridgehead atoms. The van der Waals surface area contributed by atoms with Gasteiger partial charge in [-0.1, -0.05) is 40.5 Å². The van der Waals surface area contributed by atoms with Gasteiger partial charge >= 0.3 is 17.9 Å². The Balaban J connectivity index is 4.88. The van der Waals surface area contributed by atoms with E-state index in [-0.39, 0.29) is 33.0 Å². The van der Waals surface area contributed by atoms with E-state index in [2.05, 4.69) is 19.7 Å². The molecule has 0 radical (unpaired) electrons. The predicted octanol–water partition coefficient (Wildman–Crippen LogP) is 2.61. The maximum Gasteiger partial charge on any atom is 0.330 e. The highest BCUT2D eigenvalue weighted by Gasteiger charge is 2.33. The molecule has 0 rings (SSSR count). The van der Waals surface area contributed by atoms with E-state index in [4.69, 9.17) is 18.9 Å². The minimum Gasteiger partial charge on any atom is -0.462 e. The summed E-state index contributed by atoms with van der Waals surface area (Å²) in [5, 5.41) is 0. The normalized spacial score (nSPS) is 11.2. The molecule has 0 aromatic heterocycles. The van der Waals surface area contributed by atoms with Gasteiger partial charge in [-0.15, -0.1) is 0 Å². The third kappa shape index (κ3) is 10.4. The minimum atomic E-state index is -0.717. The molecular weight excluding hydrogens is 352 g/mol. The molecule has 0 saturated carbocycles. The molecule has 27 heavy (non-hydrogen) atoms. The molecule has 0 heterocycles. The van der Waals surface area contributed by atoms with Crippen LogP contribution in [-0.2, 0) is 33.3 Å². The summed E-state index contributed by atoms with van der Waals surface area (Å²) in [5.41, 5.74) is -1.15. The molecule has 0 aromatic rings. The fraction of sp³-hybridized carbons (Fsp3) is 0.550. The Hall–Kier alpha value is -2.41. The summed E-state index contributed by atoms with van der Waals surface area (Å²) in [6.07, 6.45) is 3.76. The Morgan fingerprint density at radius 3 is 1.52 bits per heavy atom. The third-order valence-electron chi connectivity index (χ3n) is 3.80. The van der Waals surface area contributed by atoms with Crippen LogP contribution >= 0.6 is 0 Å². The van der Waals surface area contributed by atoms with Crippen molar-refractivity contribution in [3.63, 3.8) is 0 Å². The predicted molar refractivity (Wildman–Crippen MR) is 101 cm³/mol. The van der Waals surface area contributed by atoms with Crippen LogP contribution in [0.15, 0.2) is 38.0 Å². The summed E-state index contributed by atoms with van der Waals surface area (Å²) in [6, 6.07) is 0. The molecule has 152 valence electrons. The first-order valence-electron chi connectivity index (χ1n) is 8.59.